The van der Waals surface area contributed by atoms with E-state index in [0.717, 1.165) is 19.4 Å². The van der Waals surface area contributed by atoms with Crippen molar-refractivity contribution in [1.29, 1.82) is 0 Å². The molecule has 1 aromatic carbocycles. The molecular weight excluding hydrogens is 330 g/mol. The normalized spacial score (nSPS) is 15.9. The Morgan fingerprint density at radius 1 is 1.35 bits per heavy atom. The Kier molecular flexibility index (Phi) is 6.07. The van der Waals surface area contributed by atoms with Crippen LogP contribution >= 0.6 is 0 Å². The summed E-state index contributed by atoms with van der Waals surface area (Å²) >= 11 is 0. The van der Waals surface area contributed by atoms with Gasteiger partial charge in [-0.1, -0.05) is 12.0 Å². The van der Waals surface area contributed by atoms with Crippen molar-refractivity contribution in [2.45, 2.75) is 18.9 Å². The standard InChI is InChI=1S/C20H21N3O3/c1-2-12-23(15-19-7-4-13-25-19)20(24)22-16-5-3-6-18(14-16)26-17-8-10-21-11-9-17/h1,3,5-6,8-11,14,19H,4,7,12-13,15H2,(H,22,24)/t19-/m0/s1. The van der Waals surface area contributed by atoms with Crippen LogP contribution in [0.4, 0.5) is 10.5 Å². The van der Waals surface area contributed by atoms with Gasteiger partial charge in [0.2, 0.25) is 0 Å². The van der Waals surface area contributed by atoms with E-state index in [2.05, 4.69) is 16.2 Å². The second-order valence-electron chi connectivity index (χ2n) is 5.96. The van der Waals surface area contributed by atoms with Crippen molar-refractivity contribution in [3.8, 4) is 23.8 Å². The molecule has 1 fully saturated rings. The minimum atomic E-state index is -0.250. The Morgan fingerprint density at radius 2 is 2.19 bits per heavy atom. The fourth-order valence-corrected chi connectivity index (χ4v) is 2.75. The third-order valence-electron chi connectivity index (χ3n) is 3.99. The van der Waals surface area contributed by atoms with E-state index in [4.69, 9.17) is 15.9 Å². The molecule has 26 heavy (non-hydrogen) atoms. The summed E-state index contributed by atoms with van der Waals surface area (Å²) in [4.78, 5) is 18.1. The predicted octanol–water partition coefficient (Wildman–Crippen LogP) is 3.52. The molecule has 1 N–H and O–H groups in total. The van der Waals surface area contributed by atoms with Gasteiger partial charge in [0.15, 0.2) is 0 Å². The van der Waals surface area contributed by atoms with Crippen LogP contribution < -0.4 is 10.1 Å². The zero-order valence-corrected chi connectivity index (χ0v) is 14.4. The summed E-state index contributed by atoms with van der Waals surface area (Å²) in [5, 5.41) is 2.87. The van der Waals surface area contributed by atoms with Gasteiger partial charge < -0.3 is 19.7 Å². The van der Waals surface area contributed by atoms with Crippen molar-refractivity contribution in [2.75, 3.05) is 25.0 Å². The monoisotopic (exact) mass is 351 g/mol. The maximum Gasteiger partial charge on any atom is 0.322 e. The number of benzene rings is 1. The van der Waals surface area contributed by atoms with Gasteiger partial charge in [-0.15, -0.1) is 6.42 Å². The quantitative estimate of drug-likeness (QED) is 0.809. The molecule has 1 aliphatic rings. The number of terminal acetylenes is 1. The molecule has 134 valence electrons. The van der Waals surface area contributed by atoms with E-state index in [1.165, 1.54) is 0 Å². The molecule has 0 bridgehead atoms. The highest BCUT2D eigenvalue weighted by molar-refractivity contribution is 5.89. The molecular formula is C20H21N3O3. The van der Waals surface area contributed by atoms with Crippen LogP contribution in [-0.4, -0.2) is 41.7 Å². The minimum Gasteiger partial charge on any atom is -0.457 e. The third kappa shape index (κ3) is 4.98. The molecule has 2 aromatic rings. The SMILES string of the molecule is C#CCN(C[C@@H]1CCCO1)C(=O)Nc1cccc(Oc2ccncc2)c1. The van der Waals surface area contributed by atoms with Crippen LogP contribution in [-0.2, 0) is 4.74 Å². The number of anilines is 1. The Hall–Kier alpha value is -3.04. The van der Waals surface area contributed by atoms with Gasteiger partial charge in [-0.25, -0.2) is 4.79 Å². The van der Waals surface area contributed by atoms with Gasteiger partial charge in [0.25, 0.3) is 0 Å². The van der Waals surface area contributed by atoms with Crippen LogP contribution in [0.5, 0.6) is 11.5 Å². The van der Waals surface area contributed by atoms with E-state index < -0.39 is 0 Å². The van der Waals surface area contributed by atoms with E-state index in [1.54, 1.807) is 41.6 Å². The Labute approximate surface area is 153 Å². The van der Waals surface area contributed by atoms with E-state index in [-0.39, 0.29) is 18.7 Å². The molecule has 1 saturated heterocycles. The van der Waals surface area contributed by atoms with Gasteiger partial charge in [0, 0.05) is 37.3 Å². The molecule has 2 amide bonds. The molecule has 3 rings (SSSR count). The number of carbonyl (C=O) groups is 1. The van der Waals surface area contributed by atoms with Gasteiger partial charge >= 0.3 is 6.03 Å². The number of hydrogen-bond acceptors (Lipinski definition) is 4. The Balaban J connectivity index is 1.63. The van der Waals surface area contributed by atoms with Crippen molar-refractivity contribution >= 4 is 11.7 Å². The lowest BCUT2D eigenvalue weighted by Gasteiger charge is -2.23. The third-order valence-corrected chi connectivity index (χ3v) is 3.99. The number of nitrogens with zero attached hydrogens (tertiary/aromatic N) is 2. The molecule has 0 spiro atoms. The number of amides is 2. The molecule has 0 saturated carbocycles. The summed E-state index contributed by atoms with van der Waals surface area (Å²) in [6.07, 6.45) is 10.7. The summed E-state index contributed by atoms with van der Waals surface area (Å²) in [6.45, 7) is 1.46. The minimum absolute atomic E-state index is 0.0513. The first-order valence-electron chi connectivity index (χ1n) is 8.53. The van der Waals surface area contributed by atoms with Crippen molar-refractivity contribution in [1.82, 2.24) is 9.88 Å². The fourth-order valence-electron chi connectivity index (χ4n) is 2.75. The average molecular weight is 351 g/mol. The fraction of sp³-hybridized carbons (Fsp3) is 0.300. The second kappa shape index (κ2) is 8.88. The molecule has 0 unspecified atom stereocenters. The van der Waals surface area contributed by atoms with Gasteiger partial charge in [-0.3, -0.25) is 4.98 Å². The summed E-state index contributed by atoms with van der Waals surface area (Å²) < 4.78 is 11.4. The largest absolute Gasteiger partial charge is 0.457 e. The predicted molar refractivity (Wildman–Crippen MR) is 99.2 cm³/mol. The van der Waals surface area contributed by atoms with Crippen LogP contribution in [0.15, 0.2) is 48.8 Å². The van der Waals surface area contributed by atoms with E-state index in [9.17, 15) is 4.79 Å². The summed E-state index contributed by atoms with van der Waals surface area (Å²) in [6, 6.07) is 10.5. The van der Waals surface area contributed by atoms with Crippen molar-refractivity contribution in [3.63, 3.8) is 0 Å². The molecule has 1 aliphatic heterocycles. The first kappa shape index (κ1) is 17.8. The lowest BCUT2D eigenvalue weighted by Crippen LogP contribution is -2.40. The highest BCUT2D eigenvalue weighted by Gasteiger charge is 2.22. The molecule has 1 aromatic heterocycles. The molecule has 2 heterocycles. The molecule has 0 radical (unpaired) electrons. The van der Waals surface area contributed by atoms with Gasteiger partial charge in [-0.2, -0.15) is 0 Å². The summed E-state index contributed by atoms with van der Waals surface area (Å²) in [5.74, 6) is 3.83. The topological polar surface area (TPSA) is 63.7 Å². The van der Waals surface area contributed by atoms with Crippen LogP contribution in [0.3, 0.4) is 0 Å². The first-order chi connectivity index (χ1) is 12.7. The highest BCUT2D eigenvalue weighted by atomic mass is 16.5. The molecule has 0 aliphatic carbocycles. The van der Waals surface area contributed by atoms with Gasteiger partial charge in [0.05, 0.1) is 12.6 Å². The Bertz CT molecular complexity index is 767. The number of carbonyl (C=O) groups excluding carboxylic acids is 1. The van der Waals surface area contributed by atoms with Crippen LogP contribution in [0.25, 0.3) is 0 Å². The summed E-state index contributed by atoms with van der Waals surface area (Å²) in [5.41, 5.74) is 0.635. The number of hydrogen-bond donors (Lipinski definition) is 1. The number of ether oxygens (including phenoxy) is 2. The number of urea groups is 1. The highest BCUT2D eigenvalue weighted by Crippen LogP contribution is 2.24. The Morgan fingerprint density at radius 3 is 2.92 bits per heavy atom. The number of aromatic nitrogens is 1. The smallest absolute Gasteiger partial charge is 0.322 e. The maximum atomic E-state index is 12.6. The van der Waals surface area contributed by atoms with Gasteiger partial charge in [0.1, 0.15) is 11.5 Å². The molecule has 6 heteroatoms. The van der Waals surface area contributed by atoms with Crippen LogP contribution in [0.1, 0.15) is 12.8 Å². The maximum absolute atomic E-state index is 12.6. The van der Waals surface area contributed by atoms with E-state index in [0.29, 0.717) is 23.7 Å². The second-order valence-corrected chi connectivity index (χ2v) is 5.96. The summed E-state index contributed by atoms with van der Waals surface area (Å²) in [7, 11) is 0. The zero-order chi connectivity index (χ0) is 18.2. The van der Waals surface area contributed by atoms with E-state index >= 15 is 0 Å². The molecule has 1 atom stereocenters. The van der Waals surface area contributed by atoms with E-state index in [1.807, 2.05) is 12.1 Å². The van der Waals surface area contributed by atoms with Crippen molar-refractivity contribution < 1.29 is 14.3 Å². The average Bonchev–Trinajstić information content (AvgIpc) is 3.16. The number of pyridine rings is 1. The van der Waals surface area contributed by atoms with Crippen LogP contribution in [0, 0.1) is 12.3 Å². The van der Waals surface area contributed by atoms with Crippen LogP contribution in [0.2, 0.25) is 0 Å². The lowest BCUT2D eigenvalue weighted by atomic mass is 10.2. The number of rotatable bonds is 6. The zero-order valence-electron chi connectivity index (χ0n) is 14.4. The van der Waals surface area contributed by atoms with Gasteiger partial charge in [-0.05, 0) is 37.1 Å². The van der Waals surface area contributed by atoms with Crippen molar-refractivity contribution in [2.24, 2.45) is 0 Å². The lowest BCUT2D eigenvalue weighted by molar-refractivity contribution is 0.0867. The first-order valence-corrected chi connectivity index (χ1v) is 8.53. The number of nitrogens with one attached hydrogen (secondary N) is 1. The molecule has 6 nitrogen and oxygen atoms in total. The van der Waals surface area contributed by atoms with Crippen molar-refractivity contribution in [3.05, 3.63) is 48.8 Å².